The number of nitrogens with one attached hydrogen (secondary N) is 1. The fourth-order valence-electron chi connectivity index (χ4n) is 3.16. The minimum atomic E-state index is -0.431. The lowest BCUT2D eigenvalue weighted by Gasteiger charge is -2.07. The monoisotopic (exact) mass is 403 g/mol. The van der Waals surface area contributed by atoms with Crippen LogP contribution < -0.4 is 10.1 Å². The van der Waals surface area contributed by atoms with Crippen molar-refractivity contribution in [2.75, 3.05) is 19.0 Å². The van der Waals surface area contributed by atoms with Gasteiger partial charge in [-0.05, 0) is 60.7 Å². The van der Waals surface area contributed by atoms with Crippen LogP contribution in [0.2, 0.25) is 0 Å². The van der Waals surface area contributed by atoms with Gasteiger partial charge in [0.2, 0.25) is 5.78 Å². The third-order valence-electron chi connectivity index (χ3n) is 4.75. The molecule has 0 aliphatic rings. The topological polar surface area (TPSA) is 68.5 Å². The highest BCUT2D eigenvalue weighted by Gasteiger charge is 2.22. The number of para-hydroxylation sites is 1. The Bertz CT molecular complexity index is 1210. The van der Waals surface area contributed by atoms with E-state index in [-0.39, 0.29) is 18.1 Å². The predicted octanol–water partition coefficient (Wildman–Crippen LogP) is 5.11. The van der Waals surface area contributed by atoms with Crippen LogP contribution in [0.5, 0.6) is 5.75 Å². The second-order valence-corrected chi connectivity index (χ2v) is 6.64. The van der Waals surface area contributed by atoms with Crippen molar-refractivity contribution in [3.8, 4) is 5.75 Å². The summed E-state index contributed by atoms with van der Waals surface area (Å²) in [5.41, 5.74) is 1.76. The molecule has 0 spiro atoms. The lowest BCUT2D eigenvalue weighted by atomic mass is 10.1. The smallest absolute Gasteiger partial charge is 0.230 e. The first-order chi connectivity index (χ1) is 14.6. The van der Waals surface area contributed by atoms with Crippen molar-refractivity contribution in [3.63, 3.8) is 0 Å². The molecular formula is C24H18FNO4. The van der Waals surface area contributed by atoms with Gasteiger partial charge < -0.3 is 14.5 Å². The maximum absolute atomic E-state index is 13.2. The summed E-state index contributed by atoms with van der Waals surface area (Å²) in [7, 11) is 1.56. The average molecular weight is 403 g/mol. The molecule has 0 saturated heterocycles. The molecule has 30 heavy (non-hydrogen) atoms. The van der Waals surface area contributed by atoms with Crippen LogP contribution in [-0.4, -0.2) is 25.2 Å². The van der Waals surface area contributed by atoms with Gasteiger partial charge in [-0.2, -0.15) is 0 Å². The summed E-state index contributed by atoms with van der Waals surface area (Å²) < 4.78 is 24.1. The van der Waals surface area contributed by atoms with Gasteiger partial charge in [-0.25, -0.2) is 4.39 Å². The fourth-order valence-corrected chi connectivity index (χ4v) is 3.16. The molecule has 4 rings (SSSR count). The molecule has 4 aromatic rings. The summed E-state index contributed by atoms with van der Waals surface area (Å²) in [6.45, 7) is -0.0282. The summed E-state index contributed by atoms with van der Waals surface area (Å²) in [5.74, 6) is -0.244. The van der Waals surface area contributed by atoms with Crippen LogP contribution in [0.25, 0.3) is 11.0 Å². The largest absolute Gasteiger partial charge is 0.497 e. The van der Waals surface area contributed by atoms with Gasteiger partial charge in [0, 0.05) is 16.5 Å². The molecule has 0 amide bonds. The summed E-state index contributed by atoms with van der Waals surface area (Å²) in [6.07, 6.45) is 0. The Morgan fingerprint density at radius 1 is 0.933 bits per heavy atom. The molecule has 5 nitrogen and oxygen atoms in total. The number of hydrogen-bond acceptors (Lipinski definition) is 5. The number of furan rings is 1. The zero-order chi connectivity index (χ0) is 21.1. The number of hydrogen-bond donors (Lipinski definition) is 1. The lowest BCUT2D eigenvalue weighted by Crippen LogP contribution is -2.15. The standard InChI is InChI=1S/C24H18FNO4/c1-29-18-12-8-15(9-13-18)20(27)14-26-22-19-4-2-3-5-21(19)30-24(22)23(28)16-6-10-17(25)11-7-16/h2-13,26H,14H2,1H3. The van der Waals surface area contributed by atoms with Crippen molar-refractivity contribution in [3.05, 3.63) is 95.5 Å². The molecule has 150 valence electrons. The first-order valence-electron chi connectivity index (χ1n) is 9.30. The van der Waals surface area contributed by atoms with Crippen molar-refractivity contribution in [1.82, 2.24) is 0 Å². The highest BCUT2D eigenvalue weighted by Crippen LogP contribution is 2.32. The zero-order valence-electron chi connectivity index (χ0n) is 16.1. The molecule has 1 N–H and O–H groups in total. The normalized spacial score (nSPS) is 10.7. The lowest BCUT2D eigenvalue weighted by molar-refractivity contribution is 0.0997. The van der Waals surface area contributed by atoms with E-state index >= 15 is 0 Å². The number of anilines is 1. The minimum absolute atomic E-state index is 0.0282. The molecule has 0 atom stereocenters. The Morgan fingerprint density at radius 2 is 1.60 bits per heavy atom. The first-order valence-corrected chi connectivity index (χ1v) is 9.30. The van der Waals surface area contributed by atoms with E-state index in [9.17, 15) is 14.0 Å². The Labute approximate surface area is 172 Å². The van der Waals surface area contributed by atoms with Crippen molar-refractivity contribution >= 4 is 28.2 Å². The molecule has 0 unspecified atom stereocenters. The number of ketones is 2. The molecule has 0 radical (unpaired) electrons. The van der Waals surface area contributed by atoms with Gasteiger partial charge in [0.25, 0.3) is 0 Å². The molecule has 0 fully saturated rings. The zero-order valence-corrected chi connectivity index (χ0v) is 16.1. The second kappa shape index (κ2) is 8.21. The summed E-state index contributed by atoms with van der Waals surface area (Å²) in [5, 5.41) is 3.74. The van der Waals surface area contributed by atoms with Gasteiger partial charge >= 0.3 is 0 Å². The molecular weight excluding hydrogens is 385 g/mol. The van der Waals surface area contributed by atoms with Gasteiger partial charge in [0.05, 0.1) is 19.3 Å². The SMILES string of the molecule is COc1ccc(C(=O)CNc2c(C(=O)c3ccc(F)cc3)oc3ccccc23)cc1. The van der Waals surface area contributed by atoms with Crippen LogP contribution >= 0.6 is 0 Å². The van der Waals surface area contributed by atoms with Crippen LogP contribution in [0.3, 0.4) is 0 Å². The summed E-state index contributed by atoms with van der Waals surface area (Å²) in [6, 6.07) is 19.2. The molecule has 6 heteroatoms. The van der Waals surface area contributed by atoms with Crippen LogP contribution in [0.15, 0.2) is 77.2 Å². The Balaban J connectivity index is 1.63. The quantitative estimate of drug-likeness (QED) is 0.435. The van der Waals surface area contributed by atoms with E-state index in [0.717, 1.165) is 0 Å². The maximum atomic E-state index is 13.2. The van der Waals surface area contributed by atoms with E-state index in [1.807, 2.05) is 6.07 Å². The molecule has 3 aromatic carbocycles. The Kier molecular flexibility index (Phi) is 5.30. The molecule has 0 saturated carbocycles. The van der Waals surface area contributed by atoms with Gasteiger partial charge in [0.1, 0.15) is 17.1 Å². The van der Waals surface area contributed by atoms with E-state index in [0.29, 0.717) is 33.5 Å². The van der Waals surface area contributed by atoms with Crippen LogP contribution in [-0.2, 0) is 0 Å². The third kappa shape index (κ3) is 3.80. The van der Waals surface area contributed by atoms with Gasteiger partial charge in [-0.3, -0.25) is 9.59 Å². The Morgan fingerprint density at radius 3 is 2.30 bits per heavy atom. The van der Waals surface area contributed by atoms with Crippen LogP contribution in [0.1, 0.15) is 26.5 Å². The fraction of sp³-hybridized carbons (Fsp3) is 0.0833. The maximum Gasteiger partial charge on any atom is 0.230 e. The number of carbonyl (C=O) groups excluding carboxylic acids is 2. The summed E-state index contributed by atoms with van der Waals surface area (Å²) >= 11 is 0. The van der Waals surface area contributed by atoms with Crippen molar-refractivity contribution < 1.29 is 23.1 Å². The highest BCUT2D eigenvalue weighted by molar-refractivity contribution is 6.15. The minimum Gasteiger partial charge on any atom is -0.497 e. The van der Waals surface area contributed by atoms with E-state index in [2.05, 4.69) is 5.32 Å². The average Bonchev–Trinajstić information content (AvgIpc) is 3.16. The van der Waals surface area contributed by atoms with Crippen LogP contribution in [0.4, 0.5) is 10.1 Å². The number of fused-ring (bicyclic) bond motifs is 1. The number of rotatable bonds is 7. The number of ether oxygens (including phenoxy) is 1. The summed E-state index contributed by atoms with van der Waals surface area (Å²) in [4.78, 5) is 25.6. The van der Waals surface area contributed by atoms with E-state index in [1.165, 1.54) is 24.3 Å². The molecule has 1 aromatic heterocycles. The Hall–Kier alpha value is -3.93. The molecule has 0 aliphatic carbocycles. The molecule has 0 aliphatic heterocycles. The highest BCUT2D eigenvalue weighted by atomic mass is 19.1. The van der Waals surface area contributed by atoms with Gasteiger partial charge in [-0.15, -0.1) is 0 Å². The molecule has 1 heterocycles. The van der Waals surface area contributed by atoms with E-state index < -0.39 is 11.6 Å². The number of benzene rings is 3. The van der Waals surface area contributed by atoms with Gasteiger partial charge in [0.15, 0.2) is 11.5 Å². The number of halogens is 1. The van der Waals surface area contributed by atoms with Crippen molar-refractivity contribution in [2.45, 2.75) is 0 Å². The number of carbonyl (C=O) groups is 2. The number of Topliss-reactive ketones (excluding diaryl/α,β-unsaturated/α-hetero) is 1. The first kappa shape index (κ1) is 19.4. The number of methoxy groups -OCH3 is 1. The third-order valence-corrected chi connectivity index (χ3v) is 4.75. The molecule has 0 bridgehead atoms. The van der Waals surface area contributed by atoms with Crippen molar-refractivity contribution in [1.29, 1.82) is 0 Å². The van der Waals surface area contributed by atoms with Crippen LogP contribution in [0, 0.1) is 5.82 Å². The predicted molar refractivity (Wildman–Crippen MR) is 112 cm³/mol. The van der Waals surface area contributed by atoms with Gasteiger partial charge in [-0.1, -0.05) is 12.1 Å². The second-order valence-electron chi connectivity index (χ2n) is 6.64. The van der Waals surface area contributed by atoms with Crippen molar-refractivity contribution in [2.24, 2.45) is 0 Å². The van der Waals surface area contributed by atoms with E-state index in [1.54, 1.807) is 49.6 Å². The van der Waals surface area contributed by atoms with E-state index in [4.69, 9.17) is 9.15 Å².